The van der Waals surface area contributed by atoms with Crippen molar-refractivity contribution in [3.63, 3.8) is 0 Å². The lowest BCUT2D eigenvalue weighted by molar-refractivity contribution is 0.0713. The molecule has 0 bridgehead atoms. The van der Waals surface area contributed by atoms with E-state index in [9.17, 15) is 0 Å². The van der Waals surface area contributed by atoms with Crippen LogP contribution in [0.3, 0.4) is 0 Å². The minimum absolute atomic E-state index is 0.00163. The van der Waals surface area contributed by atoms with E-state index in [1.165, 1.54) is 16.7 Å². The number of ether oxygens (including phenoxy) is 2. The Labute approximate surface area is 129 Å². The molecule has 0 radical (unpaired) electrons. The fourth-order valence-electron chi connectivity index (χ4n) is 2.64. The molecule has 0 heterocycles. The third-order valence-electron chi connectivity index (χ3n) is 3.87. The van der Waals surface area contributed by atoms with Crippen LogP contribution in [0.15, 0.2) is 18.2 Å². The van der Waals surface area contributed by atoms with E-state index in [2.05, 4.69) is 43.9 Å². The van der Waals surface area contributed by atoms with E-state index in [1.54, 1.807) is 14.2 Å². The summed E-state index contributed by atoms with van der Waals surface area (Å²) in [5.74, 6) is 0. The molecule has 2 atom stereocenters. The lowest BCUT2D eigenvalue weighted by atomic mass is 9.99. The standard InChI is InChI=1S/C17H30N2O2/c1-13-6-7-16(14(2)10-13)17(18)11-19(8-9-20-4)15(3)12-21-5/h6-7,10,15,17H,8-9,11-12,18H2,1-5H3. The lowest BCUT2D eigenvalue weighted by Crippen LogP contribution is -2.42. The molecule has 1 aromatic rings. The number of benzene rings is 1. The van der Waals surface area contributed by atoms with Crippen molar-refractivity contribution in [1.82, 2.24) is 4.90 Å². The van der Waals surface area contributed by atoms with Crippen LogP contribution in [0.5, 0.6) is 0 Å². The Hall–Kier alpha value is -0.940. The Kier molecular flexibility index (Phi) is 7.89. The summed E-state index contributed by atoms with van der Waals surface area (Å²) in [6.45, 7) is 9.45. The maximum absolute atomic E-state index is 6.43. The fraction of sp³-hybridized carbons (Fsp3) is 0.647. The minimum Gasteiger partial charge on any atom is -0.383 e. The van der Waals surface area contributed by atoms with E-state index in [-0.39, 0.29) is 6.04 Å². The average Bonchev–Trinajstić information content (AvgIpc) is 2.43. The first-order valence-corrected chi connectivity index (χ1v) is 7.54. The third-order valence-corrected chi connectivity index (χ3v) is 3.87. The predicted molar refractivity (Wildman–Crippen MR) is 87.6 cm³/mol. The number of aryl methyl sites for hydroxylation is 2. The molecule has 1 aromatic carbocycles. The van der Waals surface area contributed by atoms with Crippen LogP contribution in [0.1, 0.15) is 29.7 Å². The summed E-state index contributed by atoms with van der Waals surface area (Å²) in [5, 5.41) is 0. The van der Waals surface area contributed by atoms with Gasteiger partial charge in [0, 0.05) is 39.4 Å². The molecule has 2 N–H and O–H groups in total. The molecular formula is C17H30N2O2. The molecule has 0 saturated carbocycles. The molecule has 0 spiro atoms. The third kappa shape index (κ3) is 5.75. The average molecular weight is 294 g/mol. The van der Waals surface area contributed by atoms with Gasteiger partial charge in [-0.05, 0) is 31.9 Å². The molecule has 4 nitrogen and oxygen atoms in total. The summed E-state index contributed by atoms with van der Waals surface area (Å²) in [6.07, 6.45) is 0. The summed E-state index contributed by atoms with van der Waals surface area (Å²) in [5.41, 5.74) is 10.2. The maximum atomic E-state index is 6.43. The first-order valence-electron chi connectivity index (χ1n) is 7.54. The van der Waals surface area contributed by atoms with E-state index in [0.29, 0.717) is 19.3 Å². The zero-order valence-corrected chi connectivity index (χ0v) is 14.1. The monoisotopic (exact) mass is 294 g/mol. The van der Waals surface area contributed by atoms with Gasteiger partial charge in [-0.1, -0.05) is 23.8 Å². The highest BCUT2D eigenvalue weighted by molar-refractivity contribution is 5.32. The Balaban J connectivity index is 2.76. The van der Waals surface area contributed by atoms with Crippen molar-refractivity contribution in [2.75, 3.05) is 40.5 Å². The SMILES string of the molecule is COCCN(CC(N)c1ccc(C)cc1C)C(C)COC. The summed E-state index contributed by atoms with van der Waals surface area (Å²) in [6, 6.07) is 6.78. The van der Waals surface area contributed by atoms with E-state index in [4.69, 9.17) is 15.2 Å². The molecular weight excluding hydrogens is 264 g/mol. The highest BCUT2D eigenvalue weighted by atomic mass is 16.5. The largest absolute Gasteiger partial charge is 0.383 e. The first kappa shape index (κ1) is 18.1. The number of nitrogens with zero attached hydrogens (tertiary/aromatic N) is 1. The number of methoxy groups -OCH3 is 2. The molecule has 0 aliphatic rings. The highest BCUT2D eigenvalue weighted by Crippen LogP contribution is 2.19. The maximum Gasteiger partial charge on any atom is 0.0615 e. The van der Waals surface area contributed by atoms with E-state index in [0.717, 1.165) is 13.1 Å². The summed E-state index contributed by atoms with van der Waals surface area (Å²) in [7, 11) is 3.46. The van der Waals surface area contributed by atoms with Gasteiger partial charge in [-0.25, -0.2) is 0 Å². The van der Waals surface area contributed by atoms with Crippen LogP contribution in [0.4, 0.5) is 0 Å². The van der Waals surface area contributed by atoms with Gasteiger partial charge in [0.1, 0.15) is 0 Å². The predicted octanol–water partition coefficient (Wildman–Crippen LogP) is 2.29. The molecule has 2 unspecified atom stereocenters. The number of hydrogen-bond donors (Lipinski definition) is 1. The summed E-state index contributed by atoms with van der Waals surface area (Å²) < 4.78 is 10.5. The van der Waals surface area contributed by atoms with E-state index in [1.807, 2.05) is 0 Å². The summed E-state index contributed by atoms with van der Waals surface area (Å²) in [4.78, 5) is 2.33. The zero-order valence-electron chi connectivity index (χ0n) is 14.1. The van der Waals surface area contributed by atoms with Crippen molar-refractivity contribution in [2.45, 2.75) is 32.9 Å². The molecule has 1 rings (SSSR count). The van der Waals surface area contributed by atoms with Gasteiger partial charge in [-0.15, -0.1) is 0 Å². The van der Waals surface area contributed by atoms with Gasteiger partial charge in [-0.3, -0.25) is 4.90 Å². The number of nitrogens with two attached hydrogens (primary N) is 1. The van der Waals surface area contributed by atoms with Gasteiger partial charge >= 0.3 is 0 Å². The number of hydrogen-bond acceptors (Lipinski definition) is 4. The highest BCUT2D eigenvalue weighted by Gasteiger charge is 2.18. The number of rotatable bonds is 9. The molecule has 0 saturated heterocycles. The van der Waals surface area contributed by atoms with Gasteiger partial charge in [0.2, 0.25) is 0 Å². The Morgan fingerprint density at radius 2 is 1.90 bits per heavy atom. The molecule has 0 aliphatic heterocycles. The van der Waals surface area contributed by atoms with Gasteiger partial charge in [0.25, 0.3) is 0 Å². The van der Waals surface area contributed by atoms with Gasteiger partial charge < -0.3 is 15.2 Å². The van der Waals surface area contributed by atoms with Crippen LogP contribution in [-0.2, 0) is 9.47 Å². The molecule has 4 heteroatoms. The van der Waals surface area contributed by atoms with Crippen LogP contribution in [0.2, 0.25) is 0 Å². The summed E-state index contributed by atoms with van der Waals surface area (Å²) >= 11 is 0. The molecule has 0 aromatic heterocycles. The van der Waals surface area contributed by atoms with Gasteiger partial charge in [-0.2, -0.15) is 0 Å². The Bertz CT molecular complexity index is 423. The van der Waals surface area contributed by atoms with E-state index < -0.39 is 0 Å². The van der Waals surface area contributed by atoms with Crippen LogP contribution in [0, 0.1) is 13.8 Å². The Morgan fingerprint density at radius 1 is 1.19 bits per heavy atom. The molecule has 21 heavy (non-hydrogen) atoms. The smallest absolute Gasteiger partial charge is 0.0615 e. The van der Waals surface area contributed by atoms with Gasteiger partial charge in [0.15, 0.2) is 0 Å². The van der Waals surface area contributed by atoms with Crippen molar-refractivity contribution < 1.29 is 9.47 Å². The van der Waals surface area contributed by atoms with E-state index >= 15 is 0 Å². The quantitative estimate of drug-likeness (QED) is 0.759. The van der Waals surface area contributed by atoms with Crippen LogP contribution >= 0.6 is 0 Å². The second kappa shape index (κ2) is 9.15. The van der Waals surface area contributed by atoms with Crippen molar-refractivity contribution in [2.24, 2.45) is 5.73 Å². The molecule has 0 fully saturated rings. The van der Waals surface area contributed by atoms with Crippen molar-refractivity contribution in [1.29, 1.82) is 0 Å². The fourth-order valence-corrected chi connectivity index (χ4v) is 2.64. The van der Waals surface area contributed by atoms with Crippen molar-refractivity contribution >= 4 is 0 Å². The molecule has 120 valence electrons. The zero-order chi connectivity index (χ0) is 15.8. The van der Waals surface area contributed by atoms with Crippen LogP contribution < -0.4 is 5.73 Å². The molecule has 0 amide bonds. The normalized spacial score (nSPS) is 14.4. The van der Waals surface area contributed by atoms with Gasteiger partial charge in [0.05, 0.1) is 13.2 Å². The second-order valence-electron chi connectivity index (χ2n) is 5.76. The van der Waals surface area contributed by atoms with Crippen molar-refractivity contribution in [3.05, 3.63) is 34.9 Å². The second-order valence-corrected chi connectivity index (χ2v) is 5.76. The minimum atomic E-state index is 0.00163. The van der Waals surface area contributed by atoms with Crippen LogP contribution in [-0.4, -0.2) is 51.5 Å². The molecule has 0 aliphatic carbocycles. The van der Waals surface area contributed by atoms with Crippen LogP contribution in [0.25, 0.3) is 0 Å². The lowest BCUT2D eigenvalue weighted by Gasteiger charge is -2.31. The topological polar surface area (TPSA) is 47.7 Å². The Morgan fingerprint density at radius 3 is 2.48 bits per heavy atom. The first-order chi connectivity index (χ1) is 9.99. The van der Waals surface area contributed by atoms with Crippen molar-refractivity contribution in [3.8, 4) is 0 Å².